The lowest BCUT2D eigenvalue weighted by molar-refractivity contribution is 0.429. The summed E-state index contributed by atoms with van der Waals surface area (Å²) in [5.74, 6) is 0.886. The zero-order valence-corrected chi connectivity index (χ0v) is 16.0. The molecule has 0 atom stereocenters. The Bertz CT molecular complexity index is 1080. The number of phenols is 1. The average molecular weight is 398 g/mol. The van der Waals surface area contributed by atoms with Gasteiger partial charge in [0.05, 0.1) is 12.5 Å². The van der Waals surface area contributed by atoms with Gasteiger partial charge in [-0.25, -0.2) is 9.97 Å². The molecule has 0 aliphatic rings. The highest BCUT2D eigenvalue weighted by molar-refractivity contribution is 7.21. The number of phenolic OH excluding ortho intramolecular Hbond substituents is 1. The summed E-state index contributed by atoms with van der Waals surface area (Å²) in [5, 5.41) is 14.6. The number of fused-ring (bicyclic) bond motifs is 1. The normalized spacial score (nSPS) is 10.9. The van der Waals surface area contributed by atoms with Gasteiger partial charge >= 0.3 is 0 Å². The molecule has 0 saturated heterocycles. The lowest BCUT2D eigenvalue weighted by atomic mass is 10.1. The number of ether oxygens (including phenoxy) is 1. The third-order valence-electron chi connectivity index (χ3n) is 4.14. The number of hydrogen-bond acceptors (Lipinski definition) is 6. The Kier molecular flexibility index (Phi) is 4.83. The van der Waals surface area contributed by atoms with Crippen molar-refractivity contribution in [3.8, 4) is 21.9 Å². The Morgan fingerprint density at radius 1 is 1.07 bits per heavy atom. The molecule has 4 aromatic rings. The fraction of sp³-hybridized carbons (Fsp3) is 0.100. The van der Waals surface area contributed by atoms with E-state index in [1.54, 1.807) is 19.2 Å². The van der Waals surface area contributed by atoms with Crippen molar-refractivity contribution in [3.05, 3.63) is 65.4 Å². The number of anilines is 1. The van der Waals surface area contributed by atoms with Crippen LogP contribution in [0.1, 0.15) is 5.56 Å². The Morgan fingerprint density at radius 3 is 2.52 bits per heavy atom. The van der Waals surface area contributed by atoms with Crippen LogP contribution in [0.15, 0.2) is 54.6 Å². The quantitative estimate of drug-likeness (QED) is 0.445. The number of nitrogens with one attached hydrogen (secondary N) is 1. The third kappa shape index (κ3) is 3.54. The minimum absolute atomic E-state index is 0.180. The topological polar surface area (TPSA) is 67.3 Å². The predicted molar refractivity (Wildman–Crippen MR) is 110 cm³/mol. The van der Waals surface area contributed by atoms with Crippen LogP contribution in [0, 0.1) is 0 Å². The first-order valence-electron chi connectivity index (χ1n) is 8.27. The molecular formula is C20H16ClN3O2S. The van der Waals surface area contributed by atoms with Crippen molar-refractivity contribution >= 4 is 39.0 Å². The molecule has 0 amide bonds. The van der Waals surface area contributed by atoms with E-state index in [1.807, 2.05) is 42.5 Å². The first kappa shape index (κ1) is 17.6. The van der Waals surface area contributed by atoms with Gasteiger partial charge in [-0.2, -0.15) is 0 Å². The number of methoxy groups -OCH3 is 1. The van der Waals surface area contributed by atoms with Crippen LogP contribution >= 0.6 is 22.9 Å². The van der Waals surface area contributed by atoms with E-state index < -0.39 is 0 Å². The molecule has 0 spiro atoms. The van der Waals surface area contributed by atoms with Crippen LogP contribution in [0.5, 0.6) is 10.8 Å². The molecule has 5 nitrogen and oxygen atoms in total. The van der Waals surface area contributed by atoms with Crippen LogP contribution in [0.3, 0.4) is 0 Å². The van der Waals surface area contributed by atoms with Gasteiger partial charge in [-0.05, 0) is 34.9 Å². The Morgan fingerprint density at radius 2 is 1.81 bits per heavy atom. The highest BCUT2D eigenvalue weighted by Crippen LogP contribution is 2.46. The van der Waals surface area contributed by atoms with Crippen molar-refractivity contribution < 1.29 is 9.84 Å². The molecule has 0 unspecified atom stereocenters. The molecule has 136 valence electrons. The van der Waals surface area contributed by atoms with E-state index in [1.165, 1.54) is 11.3 Å². The van der Waals surface area contributed by atoms with Crippen LogP contribution in [0.25, 0.3) is 21.3 Å². The van der Waals surface area contributed by atoms with Gasteiger partial charge in [0, 0.05) is 12.1 Å². The van der Waals surface area contributed by atoms with E-state index in [9.17, 15) is 5.11 Å². The monoisotopic (exact) mass is 397 g/mol. The zero-order valence-electron chi connectivity index (χ0n) is 14.4. The van der Waals surface area contributed by atoms with Crippen LogP contribution < -0.4 is 10.1 Å². The summed E-state index contributed by atoms with van der Waals surface area (Å²) in [5.41, 5.74) is 2.99. The maximum Gasteiger partial charge on any atom is 0.225 e. The van der Waals surface area contributed by atoms with Crippen molar-refractivity contribution in [2.75, 3.05) is 12.4 Å². The number of thiophene rings is 1. The second kappa shape index (κ2) is 7.42. The Balaban J connectivity index is 1.81. The number of benzene rings is 2. The standard InChI is InChI=1S/C20H16ClN3O2S/c1-26-19-15(13-5-3-2-4-6-13)16-17(23-20(21)24-18(16)27-19)22-11-12-7-9-14(25)10-8-12/h2-10,25H,11H2,1H3,(H,22,23,24). The largest absolute Gasteiger partial charge is 0.508 e. The Hall–Kier alpha value is -2.83. The number of rotatable bonds is 5. The van der Waals surface area contributed by atoms with Crippen molar-refractivity contribution in [2.45, 2.75) is 6.54 Å². The van der Waals surface area contributed by atoms with Crippen molar-refractivity contribution in [2.24, 2.45) is 0 Å². The van der Waals surface area contributed by atoms with Gasteiger partial charge in [0.1, 0.15) is 16.4 Å². The van der Waals surface area contributed by atoms with Crippen LogP contribution in [0.4, 0.5) is 5.82 Å². The second-order valence-electron chi connectivity index (χ2n) is 5.88. The summed E-state index contributed by atoms with van der Waals surface area (Å²) in [6.07, 6.45) is 0. The maximum absolute atomic E-state index is 9.44. The minimum atomic E-state index is 0.180. The molecule has 0 saturated carbocycles. The van der Waals surface area contributed by atoms with Crippen molar-refractivity contribution in [1.29, 1.82) is 0 Å². The summed E-state index contributed by atoms with van der Waals surface area (Å²) in [6, 6.07) is 17.0. The summed E-state index contributed by atoms with van der Waals surface area (Å²) in [7, 11) is 1.65. The molecule has 2 aromatic heterocycles. The predicted octanol–water partition coefficient (Wildman–Crippen LogP) is 5.34. The highest BCUT2D eigenvalue weighted by atomic mass is 35.5. The smallest absolute Gasteiger partial charge is 0.225 e. The molecule has 0 aliphatic heterocycles. The molecule has 0 radical (unpaired) electrons. The van der Waals surface area contributed by atoms with Gasteiger partial charge in [0.15, 0.2) is 5.06 Å². The first-order valence-corrected chi connectivity index (χ1v) is 9.46. The second-order valence-corrected chi connectivity index (χ2v) is 7.18. The molecule has 7 heteroatoms. The maximum atomic E-state index is 9.44. The lowest BCUT2D eigenvalue weighted by Crippen LogP contribution is -2.03. The van der Waals surface area contributed by atoms with Crippen molar-refractivity contribution in [1.82, 2.24) is 9.97 Å². The third-order valence-corrected chi connectivity index (χ3v) is 5.35. The molecule has 27 heavy (non-hydrogen) atoms. The van der Waals surface area contributed by atoms with Gasteiger partial charge in [-0.1, -0.05) is 53.8 Å². The molecular weight excluding hydrogens is 382 g/mol. The SMILES string of the molecule is COc1sc2nc(Cl)nc(NCc3ccc(O)cc3)c2c1-c1ccccc1. The fourth-order valence-corrected chi connectivity index (χ4v) is 4.13. The minimum Gasteiger partial charge on any atom is -0.508 e. The summed E-state index contributed by atoms with van der Waals surface area (Å²) in [4.78, 5) is 9.55. The molecule has 2 N–H and O–H groups in total. The summed E-state index contributed by atoms with van der Waals surface area (Å²) < 4.78 is 5.61. The van der Waals surface area contributed by atoms with E-state index in [0.717, 1.165) is 32.0 Å². The number of aromatic hydroxyl groups is 1. The van der Waals surface area contributed by atoms with Gasteiger partial charge in [-0.3, -0.25) is 0 Å². The lowest BCUT2D eigenvalue weighted by Gasteiger charge is -2.10. The summed E-state index contributed by atoms with van der Waals surface area (Å²) >= 11 is 7.59. The molecule has 0 fully saturated rings. The molecule has 0 aliphatic carbocycles. The average Bonchev–Trinajstić information content (AvgIpc) is 3.06. The van der Waals surface area contributed by atoms with Crippen LogP contribution in [-0.2, 0) is 6.54 Å². The zero-order chi connectivity index (χ0) is 18.8. The van der Waals surface area contributed by atoms with E-state index in [-0.39, 0.29) is 11.0 Å². The number of aromatic nitrogens is 2. The molecule has 2 aromatic carbocycles. The van der Waals surface area contributed by atoms with Gasteiger partial charge in [0.25, 0.3) is 0 Å². The molecule has 0 bridgehead atoms. The van der Waals surface area contributed by atoms with Gasteiger partial charge < -0.3 is 15.2 Å². The van der Waals surface area contributed by atoms with E-state index in [0.29, 0.717) is 12.4 Å². The Labute approximate surface area is 165 Å². The van der Waals surface area contributed by atoms with Gasteiger partial charge in [0.2, 0.25) is 5.28 Å². The summed E-state index contributed by atoms with van der Waals surface area (Å²) in [6.45, 7) is 0.537. The number of halogens is 1. The van der Waals surface area contributed by atoms with E-state index in [2.05, 4.69) is 15.3 Å². The van der Waals surface area contributed by atoms with Crippen LogP contribution in [0.2, 0.25) is 5.28 Å². The van der Waals surface area contributed by atoms with Crippen molar-refractivity contribution in [3.63, 3.8) is 0 Å². The van der Waals surface area contributed by atoms with Crippen LogP contribution in [-0.4, -0.2) is 22.2 Å². The highest BCUT2D eigenvalue weighted by Gasteiger charge is 2.20. The number of nitrogens with zero attached hydrogens (tertiary/aromatic N) is 2. The number of hydrogen-bond donors (Lipinski definition) is 2. The van der Waals surface area contributed by atoms with E-state index in [4.69, 9.17) is 16.3 Å². The van der Waals surface area contributed by atoms with E-state index >= 15 is 0 Å². The molecule has 2 heterocycles. The van der Waals surface area contributed by atoms with Gasteiger partial charge in [-0.15, -0.1) is 0 Å². The fourth-order valence-electron chi connectivity index (χ4n) is 2.89. The first-order chi connectivity index (χ1) is 13.2. The molecule has 4 rings (SSSR count).